The molecule has 0 radical (unpaired) electrons. The standard InChI is InChI=1S/C24H34O7/c1-13(25)30-19-12-21(3,4)24(28)9-7-15-17(22(24,5)20(19)31-14(2)26)11-18-16(8-10-29-18)23(15,6)27/h8,10,15,17,19-20,27-28H,7,9,11-12H2,1-6H3/t15-,17+,19+,20+,22+,23+,24-/m1/s1. The molecule has 2 N–H and O–H groups in total. The van der Waals surface area contributed by atoms with Gasteiger partial charge in [0.05, 0.1) is 17.5 Å². The molecular weight excluding hydrogens is 400 g/mol. The van der Waals surface area contributed by atoms with E-state index in [2.05, 4.69) is 0 Å². The molecule has 0 spiro atoms. The second kappa shape index (κ2) is 6.82. The SMILES string of the molecule is CC(=O)O[C@H]1CC(C)(C)[C@]2(O)CC[C@@H]3[C@H](Cc4occc4[C@@]3(C)O)[C@@]2(C)[C@H]1OC(C)=O. The number of fused-ring (bicyclic) bond motifs is 4. The highest BCUT2D eigenvalue weighted by atomic mass is 16.6. The Balaban J connectivity index is 1.91. The fourth-order valence-corrected chi connectivity index (χ4v) is 7.31. The van der Waals surface area contributed by atoms with E-state index in [1.165, 1.54) is 13.8 Å². The van der Waals surface area contributed by atoms with Gasteiger partial charge in [0.1, 0.15) is 18.0 Å². The second-order valence-electron chi connectivity index (χ2n) is 10.8. The van der Waals surface area contributed by atoms with Crippen LogP contribution in [0.5, 0.6) is 0 Å². The summed E-state index contributed by atoms with van der Waals surface area (Å²) in [6.45, 7) is 10.3. The number of hydrogen-bond acceptors (Lipinski definition) is 7. The summed E-state index contributed by atoms with van der Waals surface area (Å²) >= 11 is 0. The molecule has 172 valence electrons. The molecule has 1 aromatic heterocycles. The van der Waals surface area contributed by atoms with Crippen LogP contribution in [0.4, 0.5) is 0 Å². The van der Waals surface area contributed by atoms with Gasteiger partial charge in [0.2, 0.25) is 0 Å². The average Bonchev–Trinajstić information content (AvgIpc) is 3.10. The normalized spacial score (nSPS) is 43.2. The van der Waals surface area contributed by atoms with Gasteiger partial charge in [0, 0.05) is 31.2 Å². The lowest BCUT2D eigenvalue weighted by Crippen LogP contribution is -2.75. The van der Waals surface area contributed by atoms with Crippen LogP contribution in [0.25, 0.3) is 0 Å². The van der Waals surface area contributed by atoms with Crippen molar-refractivity contribution in [2.45, 2.75) is 90.6 Å². The molecule has 7 nitrogen and oxygen atoms in total. The third-order valence-electron chi connectivity index (χ3n) is 8.75. The van der Waals surface area contributed by atoms with Crippen molar-refractivity contribution in [1.82, 2.24) is 0 Å². The minimum Gasteiger partial charge on any atom is -0.469 e. The van der Waals surface area contributed by atoms with Gasteiger partial charge in [-0.05, 0) is 49.5 Å². The molecule has 31 heavy (non-hydrogen) atoms. The molecule has 0 bridgehead atoms. The van der Waals surface area contributed by atoms with Crippen molar-refractivity contribution in [3.63, 3.8) is 0 Å². The molecule has 2 saturated carbocycles. The highest BCUT2D eigenvalue weighted by Crippen LogP contribution is 2.68. The van der Waals surface area contributed by atoms with Gasteiger partial charge in [-0.15, -0.1) is 0 Å². The average molecular weight is 435 g/mol. The number of esters is 2. The summed E-state index contributed by atoms with van der Waals surface area (Å²) in [6, 6.07) is 1.81. The van der Waals surface area contributed by atoms with E-state index in [9.17, 15) is 19.8 Å². The van der Waals surface area contributed by atoms with Crippen LogP contribution in [0.1, 0.15) is 72.1 Å². The van der Waals surface area contributed by atoms with Crippen LogP contribution in [-0.4, -0.2) is 40.0 Å². The highest BCUT2D eigenvalue weighted by molar-refractivity contribution is 5.67. The molecule has 3 aliphatic rings. The topological polar surface area (TPSA) is 106 Å². The van der Waals surface area contributed by atoms with E-state index in [0.717, 1.165) is 5.56 Å². The zero-order valence-electron chi connectivity index (χ0n) is 19.2. The largest absolute Gasteiger partial charge is 0.469 e. The summed E-state index contributed by atoms with van der Waals surface area (Å²) in [6.07, 6.45) is 2.00. The van der Waals surface area contributed by atoms with Gasteiger partial charge in [-0.1, -0.05) is 20.8 Å². The van der Waals surface area contributed by atoms with E-state index < -0.39 is 46.2 Å². The first kappa shape index (κ1) is 22.3. The van der Waals surface area contributed by atoms with Crippen molar-refractivity contribution < 1.29 is 33.7 Å². The molecule has 2 fully saturated rings. The molecule has 0 amide bonds. The van der Waals surface area contributed by atoms with Gasteiger partial charge in [-0.3, -0.25) is 9.59 Å². The summed E-state index contributed by atoms with van der Waals surface area (Å²) in [5.41, 5.74) is -3.15. The minimum atomic E-state index is -1.20. The van der Waals surface area contributed by atoms with E-state index in [4.69, 9.17) is 13.9 Å². The Morgan fingerprint density at radius 2 is 1.71 bits per heavy atom. The lowest BCUT2D eigenvalue weighted by Gasteiger charge is -2.68. The van der Waals surface area contributed by atoms with Gasteiger partial charge < -0.3 is 24.1 Å². The molecule has 7 heteroatoms. The number of carbonyl (C=O) groups is 2. The maximum absolute atomic E-state index is 12.3. The van der Waals surface area contributed by atoms with E-state index in [1.54, 1.807) is 13.2 Å². The van der Waals surface area contributed by atoms with Crippen LogP contribution in [0.2, 0.25) is 0 Å². The first-order valence-corrected chi connectivity index (χ1v) is 11.1. The van der Waals surface area contributed by atoms with Crippen LogP contribution in [0.15, 0.2) is 16.7 Å². The van der Waals surface area contributed by atoms with Crippen LogP contribution in [-0.2, 0) is 31.1 Å². The molecule has 0 aromatic carbocycles. The number of aliphatic hydroxyl groups is 2. The number of ether oxygens (including phenoxy) is 2. The van der Waals surface area contributed by atoms with E-state index in [0.29, 0.717) is 31.4 Å². The Bertz CT molecular complexity index is 899. The zero-order valence-corrected chi connectivity index (χ0v) is 19.2. The Labute approximate surface area is 183 Å². The molecule has 0 saturated heterocycles. The molecule has 4 rings (SSSR count). The lowest BCUT2D eigenvalue weighted by molar-refractivity contribution is -0.312. The van der Waals surface area contributed by atoms with Gasteiger partial charge in [-0.25, -0.2) is 0 Å². The lowest BCUT2D eigenvalue weighted by atomic mass is 9.39. The van der Waals surface area contributed by atoms with Gasteiger partial charge in [0.15, 0.2) is 0 Å². The fraction of sp³-hybridized carbons (Fsp3) is 0.750. The quantitative estimate of drug-likeness (QED) is 0.689. The van der Waals surface area contributed by atoms with Crippen LogP contribution < -0.4 is 0 Å². The summed E-state index contributed by atoms with van der Waals surface area (Å²) in [7, 11) is 0. The molecular formula is C24H34O7. The molecule has 0 aliphatic heterocycles. The maximum atomic E-state index is 12.3. The van der Waals surface area contributed by atoms with Crippen molar-refractivity contribution >= 4 is 11.9 Å². The summed E-state index contributed by atoms with van der Waals surface area (Å²) in [5.74, 6) is -0.683. The second-order valence-corrected chi connectivity index (χ2v) is 10.8. The Morgan fingerprint density at radius 3 is 2.32 bits per heavy atom. The third-order valence-corrected chi connectivity index (χ3v) is 8.75. The number of hydrogen-bond donors (Lipinski definition) is 2. The molecule has 0 unspecified atom stereocenters. The predicted octanol–water partition coefficient (Wildman–Crippen LogP) is 3.10. The Kier molecular flexibility index (Phi) is 4.91. The van der Waals surface area contributed by atoms with E-state index in [-0.39, 0.29) is 11.8 Å². The summed E-state index contributed by atoms with van der Waals surface area (Å²) in [4.78, 5) is 24.1. The van der Waals surface area contributed by atoms with Crippen molar-refractivity contribution in [3.8, 4) is 0 Å². The molecule has 3 aliphatic carbocycles. The minimum absolute atomic E-state index is 0.173. The molecule has 1 heterocycles. The smallest absolute Gasteiger partial charge is 0.303 e. The molecule has 7 atom stereocenters. The summed E-state index contributed by atoms with van der Waals surface area (Å²) < 4.78 is 17.2. The van der Waals surface area contributed by atoms with Crippen molar-refractivity contribution in [3.05, 3.63) is 23.7 Å². The van der Waals surface area contributed by atoms with Gasteiger partial charge in [0.25, 0.3) is 0 Å². The predicted molar refractivity (Wildman–Crippen MR) is 111 cm³/mol. The first-order chi connectivity index (χ1) is 14.3. The van der Waals surface area contributed by atoms with Gasteiger partial charge in [-0.2, -0.15) is 0 Å². The highest BCUT2D eigenvalue weighted by Gasteiger charge is 2.73. The fourth-order valence-electron chi connectivity index (χ4n) is 7.31. The van der Waals surface area contributed by atoms with E-state index in [1.807, 2.05) is 26.8 Å². The Hall–Kier alpha value is -1.86. The molecule has 1 aromatic rings. The Morgan fingerprint density at radius 1 is 1.06 bits per heavy atom. The monoisotopic (exact) mass is 434 g/mol. The number of carbonyl (C=O) groups excluding carboxylic acids is 2. The van der Waals surface area contributed by atoms with Gasteiger partial charge >= 0.3 is 11.9 Å². The maximum Gasteiger partial charge on any atom is 0.303 e. The van der Waals surface area contributed by atoms with Crippen molar-refractivity contribution in [2.24, 2.45) is 22.7 Å². The number of furan rings is 1. The van der Waals surface area contributed by atoms with Crippen LogP contribution in [0, 0.1) is 22.7 Å². The van der Waals surface area contributed by atoms with Crippen LogP contribution in [0.3, 0.4) is 0 Å². The van der Waals surface area contributed by atoms with Crippen LogP contribution >= 0.6 is 0 Å². The van der Waals surface area contributed by atoms with E-state index >= 15 is 0 Å². The van der Waals surface area contributed by atoms with Crippen molar-refractivity contribution in [2.75, 3.05) is 0 Å². The zero-order chi connectivity index (χ0) is 23.0. The van der Waals surface area contributed by atoms with Crippen molar-refractivity contribution in [1.29, 1.82) is 0 Å². The number of rotatable bonds is 2. The first-order valence-electron chi connectivity index (χ1n) is 11.1. The summed E-state index contributed by atoms with van der Waals surface area (Å²) in [5, 5.41) is 23.9. The third kappa shape index (κ3) is 2.92.